The van der Waals surface area contributed by atoms with E-state index in [0.29, 0.717) is 30.2 Å². The maximum absolute atomic E-state index is 12.9. The van der Waals surface area contributed by atoms with Crippen LogP contribution in [0.1, 0.15) is 21.8 Å². The van der Waals surface area contributed by atoms with Crippen LogP contribution >= 0.6 is 0 Å². The van der Waals surface area contributed by atoms with Crippen LogP contribution in [0.4, 0.5) is 0 Å². The lowest BCUT2D eigenvalue weighted by atomic mass is 9.95. The van der Waals surface area contributed by atoms with E-state index in [1.54, 1.807) is 37.3 Å². The lowest BCUT2D eigenvalue weighted by Gasteiger charge is -2.17. The molecule has 2 atom stereocenters. The Morgan fingerprint density at radius 2 is 1.67 bits per heavy atom. The minimum absolute atomic E-state index is 0.0546. The summed E-state index contributed by atoms with van der Waals surface area (Å²) in [5.41, 5.74) is 8.00. The number of carbonyl (C=O) groups excluding carboxylic acids is 1. The fraction of sp³-hybridized carbons (Fsp3) is 0.316. The van der Waals surface area contributed by atoms with E-state index in [-0.39, 0.29) is 17.9 Å². The molecule has 2 aromatic rings. The normalized spacial score (nSPS) is 20.0. The maximum atomic E-state index is 12.9. The molecule has 0 saturated carbocycles. The summed E-state index contributed by atoms with van der Waals surface area (Å²) < 4.78 is 10.5. The average molecular weight is 326 g/mol. The number of likely N-dealkylation sites (tertiary alicyclic amines) is 1. The monoisotopic (exact) mass is 326 g/mol. The van der Waals surface area contributed by atoms with Crippen molar-refractivity contribution in [3.63, 3.8) is 0 Å². The largest absolute Gasteiger partial charge is 0.497 e. The summed E-state index contributed by atoms with van der Waals surface area (Å²) in [5, 5.41) is 0. The number of benzene rings is 2. The first-order chi connectivity index (χ1) is 11.6. The van der Waals surface area contributed by atoms with Crippen LogP contribution in [0.5, 0.6) is 11.5 Å². The number of rotatable bonds is 4. The fourth-order valence-corrected chi connectivity index (χ4v) is 3.16. The van der Waals surface area contributed by atoms with Crippen molar-refractivity contribution in [1.29, 1.82) is 0 Å². The number of ether oxygens (including phenoxy) is 2. The highest BCUT2D eigenvalue weighted by Crippen LogP contribution is 2.29. The first kappa shape index (κ1) is 16.3. The van der Waals surface area contributed by atoms with E-state index >= 15 is 0 Å². The SMILES string of the molecule is COc1cc(OC)cc(C(=O)N2C[C@@H](N)[C@H](c3ccccc3)C2)c1. The van der Waals surface area contributed by atoms with E-state index in [1.165, 1.54) is 5.56 Å². The Kier molecular flexibility index (Phi) is 4.71. The second-order valence-electron chi connectivity index (χ2n) is 5.99. The number of hydrogen-bond donors (Lipinski definition) is 1. The number of methoxy groups -OCH3 is 2. The molecule has 0 aromatic heterocycles. The van der Waals surface area contributed by atoms with Crippen LogP contribution < -0.4 is 15.2 Å². The zero-order chi connectivity index (χ0) is 17.1. The van der Waals surface area contributed by atoms with Gasteiger partial charge in [-0.15, -0.1) is 0 Å². The molecule has 1 aliphatic heterocycles. The molecule has 24 heavy (non-hydrogen) atoms. The van der Waals surface area contributed by atoms with Crippen molar-refractivity contribution in [2.75, 3.05) is 27.3 Å². The predicted octanol–water partition coefficient (Wildman–Crippen LogP) is 2.27. The summed E-state index contributed by atoms with van der Waals surface area (Å²) >= 11 is 0. The van der Waals surface area contributed by atoms with Crippen LogP contribution in [0.15, 0.2) is 48.5 Å². The fourth-order valence-electron chi connectivity index (χ4n) is 3.16. The van der Waals surface area contributed by atoms with E-state index in [2.05, 4.69) is 12.1 Å². The van der Waals surface area contributed by atoms with E-state index in [9.17, 15) is 4.79 Å². The van der Waals surface area contributed by atoms with Crippen LogP contribution in [0.3, 0.4) is 0 Å². The molecule has 1 saturated heterocycles. The van der Waals surface area contributed by atoms with Gasteiger partial charge in [-0.1, -0.05) is 30.3 Å². The molecule has 0 radical (unpaired) electrons. The molecule has 0 spiro atoms. The Morgan fingerprint density at radius 1 is 1.04 bits per heavy atom. The molecule has 0 aliphatic carbocycles. The smallest absolute Gasteiger partial charge is 0.254 e. The molecule has 1 aliphatic rings. The zero-order valence-corrected chi connectivity index (χ0v) is 13.9. The van der Waals surface area contributed by atoms with Gasteiger partial charge in [0.05, 0.1) is 14.2 Å². The molecule has 126 valence electrons. The summed E-state index contributed by atoms with van der Waals surface area (Å²) in [6, 6.07) is 15.2. The molecule has 0 unspecified atom stereocenters. The summed E-state index contributed by atoms with van der Waals surface area (Å²) in [7, 11) is 3.14. The second-order valence-corrected chi connectivity index (χ2v) is 5.99. The highest BCUT2D eigenvalue weighted by atomic mass is 16.5. The molecule has 2 N–H and O–H groups in total. The Labute approximate surface area is 142 Å². The zero-order valence-electron chi connectivity index (χ0n) is 13.9. The van der Waals surface area contributed by atoms with Crippen molar-refractivity contribution in [3.05, 3.63) is 59.7 Å². The van der Waals surface area contributed by atoms with Crippen LogP contribution in [0.2, 0.25) is 0 Å². The molecule has 3 rings (SSSR count). The van der Waals surface area contributed by atoms with Gasteiger partial charge in [0.2, 0.25) is 0 Å². The summed E-state index contributed by atoms with van der Waals surface area (Å²) in [5.74, 6) is 1.30. The predicted molar refractivity (Wildman–Crippen MR) is 92.6 cm³/mol. The minimum Gasteiger partial charge on any atom is -0.497 e. The Morgan fingerprint density at radius 3 is 2.25 bits per heavy atom. The lowest BCUT2D eigenvalue weighted by molar-refractivity contribution is 0.0788. The molecule has 5 heteroatoms. The molecule has 5 nitrogen and oxygen atoms in total. The average Bonchev–Trinajstić information content (AvgIpc) is 3.03. The Hall–Kier alpha value is -2.53. The van der Waals surface area contributed by atoms with Gasteiger partial charge in [0.1, 0.15) is 11.5 Å². The van der Waals surface area contributed by atoms with Gasteiger partial charge in [0, 0.05) is 36.7 Å². The second kappa shape index (κ2) is 6.93. The number of amides is 1. The van der Waals surface area contributed by atoms with Gasteiger partial charge in [0.25, 0.3) is 5.91 Å². The van der Waals surface area contributed by atoms with Gasteiger partial charge < -0.3 is 20.1 Å². The topological polar surface area (TPSA) is 64.8 Å². The van der Waals surface area contributed by atoms with Crippen LogP contribution in [-0.2, 0) is 0 Å². The highest BCUT2D eigenvalue weighted by Gasteiger charge is 2.34. The Balaban J connectivity index is 1.81. The third-order valence-corrected chi connectivity index (χ3v) is 4.48. The molecule has 1 heterocycles. The van der Waals surface area contributed by atoms with Crippen molar-refractivity contribution in [3.8, 4) is 11.5 Å². The van der Waals surface area contributed by atoms with Gasteiger partial charge in [-0.2, -0.15) is 0 Å². The Bertz CT molecular complexity index is 696. The molecular weight excluding hydrogens is 304 g/mol. The molecule has 0 bridgehead atoms. The number of hydrogen-bond acceptors (Lipinski definition) is 4. The van der Waals surface area contributed by atoms with E-state index in [1.807, 2.05) is 18.2 Å². The van der Waals surface area contributed by atoms with E-state index < -0.39 is 0 Å². The van der Waals surface area contributed by atoms with Crippen molar-refractivity contribution < 1.29 is 14.3 Å². The maximum Gasteiger partial charge on any atom is 0.254 e. The van der Waals surface area contributed by atoms with Gasteiger partial charge in [-0.05, 0) is 17.7 Å². The van der Waals surface area contributed by atoms with E-state index in [0.717, 1.165) is 0 Å². The minimum atomic E-state index is -0.0659. The van der Waals surface area contributed by atoms with Gasteiger partial charge in [0.15, 0.2) is 0 Å². The van der Waals surface area contributed by atoms with Crippen molar-refractivity contribution in [1.82, 2.24) is 4.90 Å². The highest BCUT2D eigenvalue weighted by molar-refractivity contribution is 5.95. The van der Waals surface area contributed by atoms with Crippen molar-refractivity contribution in [2.45, 2.75) is 12.0 Å². The van der Waals surface area contributed by atoms with Crippen molar-refractivity contribution in [2.24, 2.45) is 5.73 Å². The molecular formula is C19H22N2O3. The van der Waals surface area contributed by atoms with Crippen LogP contribution in [0.25, 0.3) is 0 Å². The standard InChI is InChI=1S/C19H22N2O3/c1-23-15-8-14(9-16(10-15)24-2)19(22)21-11-17(18(20)12-21)13-6-4-3-5-7-13/h3-10,17-18H,11-12,20H2,1-2H3/t17-,18+/m0/s1. The third-order valence-electron chi connectivity index (χ3n) is 4.48. The number of carbonyl (C=O) groups is 1. The summed E-state index contributed by atoms with van der Waals surface area (Å²) in [6.45, 7) is 1.15. The summed E-state index contributed by atoms with van der Waals surface area (Å²) in [6.07, 6.45) is 0. The van der Waals surface area contributed by atoms with Gasteiger partial charge >= 0.3 is 0 Å². The van der Waals surface area contributed by atoms with Crippen LogP contribution in [0, 0.1) is 0 Å². The van der Waals surface area contributed by atoms with Crippen LogP contribution in [-0.4, -0.2) is 44.2 Å². The first-order valence-electron chi connectivity index (χ1n) is 7.95. The van der Waals surface area contributed by atoms with E-state index in [4.69, 9.17) is 15.2 Å². The summed E-state index contributed by atoms with van der Waals surface area (Å²) in [4.78, 5) is 14.7. The number of nitrogens with two attached hydrogens (primary N) is 1. The third kappa shape index (κ3) is 3.21. The van der Waals surface area contributed by atoms with Gasteiger partial charge in [-0.25, -0.2) is 0 Å². The molecule has 1 amide bonds. The van der Waals surface area contributed by atoms with Gasteiger partial charge in [-0.3, -0.25) is 4.79 Å². The first-order valence-corrected chi connectivity index (χ1v) is 7.95. The molecule has 1 fully saturated rings. The lowest BCUT2D eigenvalue weighted by Crippen LogP contribution is -2.32. The molecule has 2 aromatic carbocycles. The number of nitrogens with zero attached hydrogens (tertiary/aromatic N) is 1. The quantitative estimate of drug-likeness (QED) is 0.936. The van der Waals surface area contributed by atoms with Crippen molar-refractivity contribution >= 4 is 5.91 Å².